The number of allylic oxidation sites excluding steroid dienone is 1. The van der Waals surface area contributed by atoms with Crippen LogP contribution in [0.4, 0.5) is 0 Å². The number of carbonyl (C=O) groups is 2. The van der Waals surface area contributed by atoms with Crippen molar-refractivity contribution in [3.05, 3.63) is 11.6 Å². The van der Waals surface area contributed by atoms with Crippen LogP contribution in [0.25, 0.3) is 0 Å². The zero-order valence-corrected chi connectivity index (χ0v) is 17.3. The normalized spacial score (nSPS) is 16.7. The van der Waals surface area contributed by atoms with Gasteiger partial charge in [-0.05, 0) is 38.5 Å². The fourth-order valence-electron chi connectivity index (χ4n) is 3.28. The van der Waals surface area contributed by atoms with Gasteiger partial charge in [0.1, 0.15) is 6.04 Å². The molecule has 1 aliphatic rings. The molecule has 0 aromatic carbocycles. The molecule has 1 rings (SSSR count). The van der Waals surface area contributed by atoms with E-state index < -0.39 is 27.9 Å². The number of carbonyl (C=O) groups excluding carboxylic acids is 1. The van der Waals surface area contributed by atoms with E-state index in [0.717, 1.165) is 34.1 Å². The zero-order valence-electron chi connectivity index (χ0n) is 16.4. The van der Waals surface area contributed by atoms with Gasteiger partial charge in [0.25, 0.3) is 0 Å². The maximum atomic E-state index is 12.9. The average Bonchev–Trinajstić information content (AvgIpc) is 3.00. The molecular weight excluding hydrogens is 356 g/mol. The largest absolute Gasteiger partial charge is 0.480 e. The lowest BCUT2D eigenvalue weighted by atomic mass is 9.97. The van der Waals surface area contributed by atoms with Gasteiger partial charge in [-0.15, -0.1) is 4.41 Å². The Kier molecular flexibility index (Phi) is 8.27. The molecule has 1 N–H and O–H groups in total. The molecule has 7 nitrogen and oxygen atoms in total. The summed E-state index contributed by atoms with van der Waals surface area (Å²) in [7, 11) is -3.80. The van der Waals surface area contributed by atoms with Crippen molar-refractivity contribution in [2.24, 2.45) is 11.8 Å². The fraction of sp³-hybridized carbons (Fsp3) is 0.778. The number of hydrogen-bond acceptors (Lipinski definition) is 4. The molecule has 0 bridgehead atoms. The Labute approximate surface area is 157 Å². The lowest BCUT2D eigenvalue weighted by molar-refractivity contribution is -0.164. The van der Waals surface area contributed by atoms with Crippen LogP contribution in [0.1, 0.15) is 59.8 Å². The average molecular weight is 389 g/mol. The van der Waals surface area contributed by atoms with Gasteiger partial charge in [-0.1, -0.05) is 38.3 Å². The number of hydrogen-bond donors (Lipinski definition) is 1. The van der Waals surface area contributed by atoms with Gasteiger partial charge in [0.05, 0.1) is 6.26 Å². The number of aliphatic carboxylic acids is 1. The SMILES string of the molecule is CC(C)=CCC(=O)N([C@@H](C(=O)O)C1CCCC1)N(CC(C)C)S(C)(=O)=O. The molecular formula is C18H32N2O5S. The smallest absolute Gasteiger partial charge is 0.328 e. The second kappa shape index (κ2) is 9.50. The number of rotatable bonds is 9. The van der Waals surface area contributed by atoms with Gasteiger partial charge in [-0.3, -0.25) is 4.79 Å². The van der Waals surface area contributed by atoms with Gasteiger partial charge >= 0.3 is 5.97 Å². The minimum Gasteiger partial charge on any atom is -0.480 e. The molecule has 26 heavy (non-hydrogen) atoms. The van der Waals surface area contributed by atoms with Crippen LogP contribution >= 0.6 is 0 Å². The Morgan fingerprint density at radius 2 is 1.73 bits per heavy atom. The van der Waals surface area contributed by atoms with Crippen molar-refractivity contribution in [1.29, 1.82) is 0 Å². The minimum absolute atomic E-state index is 0.0249. The van der Waals surface area contributed by atoms with Crippen LogP contribution in [0.5, 0.6) is 0 Å². The van der Waals surface area contributed by atoms with Crippen molar-refractivity contribution >= 4 is 21.9 Å². The van der Waals surface area contributed by atoms with E-state index in [9.17, 15) is 23.1 Å². The summed E-state index contributed by atoms with van der Waals surface area (Å²) in [4.78, 5) is 25.0. The van der Waals surface area contributed by atoms with Gasteiger partial charge < -0.3 is 5.11 Å². The summed E-state index contributed by atoms with van der Waals surface area (Å²) in [5.41, 5.74) is 0.917. The molecule has 0 spiro atoms. The van der Waals surface area contributed by atoms with Crippen molar-refractivity contribution < 1.29 is 23.1 Å². The molecule has 0 heterocycles. The molecule has 1 aliphatic carbocycles. The molecule has 1 saturated carbocycles. The molecule has 0 aliphatic heterocycles. The van der Waals surface area contributed by atoms with Crippen LogP contribution in [-0.2, 0) is 19.6 Å². The number of amides is 1. The van der Waals surface area contributed by atoms with Gasteiger partial charge in [0.15, 0.2) is 0 Å². The molecule has 1 atom stereocenters. The molecule has 8 heteroatoms. The van der Waals surface area contributed by atoms with E-state index in [-0.39, 0.29) is 24.8 Å². The molecule has 0 aromatic heterocycles. The van der Waals surface area contributed by atoms with Gasteiger partial charge in [-0.25, -0.2) is 18.2 Å². The van der Waals surface area contributed by atoms with Crippen LogP contribution < -0.4 is 0 Å². The highest BCUT2D eigenvalue weighted by Crippen LogP contribution is 2.32. The summed E-state index contributed by atoms with van der Waals surface area (Å²) in [6, 6.07) is -1.16. The van der Waals surface area contributed by atoms with E-state index in [2.05, 4.69) is 0 Å². The van der Waals surface area contributed by atoms with E-state index in [1.807, 2.05) is 27.7 Å². The highest BCUT2D eigenvalue weighted by molar-refractivity contribution is 7.88. The summed E-state index contributed by atoms with van der Waals surface area (Å²) >= 11 is 0. The van der Waals surface area contributed by atoms with Crippen LogP contribution in [0.2, 0.25) is 0 Å². The van der Waals surface area contributed by atoms with Gasteiger partial charge in [-0.2, -0.15) is 0 Å². The quantitative estimate of drug-likeness (QED) is 0.484. The van der Waals surface area contributed by atoms with Gasteiger partial charge in [0, 0.05) is 13.0 Å². The Hall–Kier alpha value is -1.41. The first kappa shape index (κ1) is 22.6. The molecule has 1 fully saturated rings. The lowest BCUT2D eigenvalue weighted by Crippen LogP contribution is -2.59. The summed E-state index contributed by atoms with van der Waals surface area (Å²) in [6.07, 6.45) is 5.85. The fourth-order valence-corrected chi connectivity index (χ4v) is 4.36. The second-order valence-electron chi connectivity index (χ2n) is 7.71. The molecule has 0 saturated heterocycles. The number of nitrogens with zero attached hydrogens (tertiary/aromatic N) is 2. The Balaban J connectivity index is 3.39. The van der Waals surface area contributed by atoms with Crippen molar-refractivity contribution in [1.82, 2.24) is 9.42 Å². The highest BCUT2D eigenvalue weighted by Gasteiger charge is 2.43. The van der Waals surface area contributed by atoms with E-state index >= 15 is 0 Å². The molecule has 0 unspecified atom stereocenters. The third kappa shape index (κ3) is 6.39. The summed E-state index contributed by atoms with van der Waals surface area (Å²) in [5, 5.41) is 10.9. The Morgan fingerprint density at radius 1 is 1.19 bits per heavy atom. The van der Waals surface area contributed by atoms with Crippen molar-refractivity contribution in [3.8, 4) is 0 Å². The molecule has 1 amide bonds. The Morgan fingerprint density at radius 3 is 2.12 bits per heavy atom. The number of carboxylic acids is 1. The monoisotopic (exact) mass is 388 g/mol. The maximum absolute atomic E-state index is 12.9. The molecule has 0 radical (unpaired) electrons. The lowest BCUT2D eigenvalue weighted by Gasteiger charge is -2.39. The van der Waals surface area contributed by atoms with Crippen molar-refractivity contribution in [2.75, 3.05) is 12.8 Å². The number of sulfonamides is 1. The van der Waals surface area contributed by atoms with E-state index in [0.29, 0.717) is 12.8 Å². The van der Waals surface area contributed by atoms with Crippen LogP contribution in [-0.4, -0.2) is 53.7 Å². The first-order chi connectivity index (χ1) is 11.9. The first-order valence-electron chi connectivity index (χ1n) is 9.11. The van der Waals surface area contributed by atoms with E-state index in [1.54, 1.807) is 6.08 Å². The molecule has 150 valence electrons. The van der Waals surface area contributed by atoms with Crippen LogP contribution in [0.15, 0.2) is 11.6 Å². The number of carboxylic acid groups (broad SMARTS) is 1. The third-order valence-corrected chi connectivity index (χ3v) is 5.54. The van der Waals surface area contributed by atoms with Crippen LogP contribution in [0.3, 0.4) is 0 Å². The topological polar surface area (TPSA) is 95.0 Å². The van der Waals surface area contributed by atoms with Crippen LogP contribution in [0, 0.1) is 11.8 Å². The van der Waals surface area contributed by atoms with E-state index in [1.165, 1.54) is 0 Å². The van der Waals surface area contributed by atoms with Crippen molar-refractivity contribution in [2.45, 2.75) is 65.8 Å². The maximum Gasteiger partial charge on any atom is 0.328 e. The van der Waals surface area contributed by atoms with E-state index in [4.69, 9.17) is 0 Å². The highest BCUT2D eigenvalue weighted by atomic mass is 32.2. The number of hydrazine groups is 1. The first-order valence-corrected chi connectivity index (χ1v) is 11.0. The summed E-state index contributed by atoms with van der Waals surface area (Å²) < 4.78 is 25.8. The summed E-state index contributed by atoms with van der Waals surface area (Å²) in [5.74, 6) is -1.95. The van der Waals surface area contributed by atoms with Crippen molar-refractivity contribution in [3.63, 3.8) is 0 Å². The predicted molar refractivity (Wildman–Crippen MR) is 101 cm³/mol. The Bertz CT molecular complexity index is 632. The second-order valence-corrected chi connectivity index (χ2v) is 9.60. The third-order valence-electron chi connectivity index (χ3n) is 4.45. The zero-order chi connectivity index (χ0) is 20.1. The van der Waals surface area contributed by atoms with Gasteiger partial charge in [0.2, 0.25) is 15.9 Å². The predicted octanol–water partition coefficient (Wildman–Crippen LogP) is 2.65. The standard InChI is InChI=1S/C18H32N2O5S/c1-13(2)10-11-16(21)20(19(12-14(3)4)26(5,24)25)17(18(22)23)15-8-6-7-9-15/h10,14-15,17H,6-9,11-12H2,1-5H3,(H,22,23)/t17-/m1/s1. The molecule has 0 aromatic rings. The minimum atomic E-state index is -3.80. The summed E-state index contributed by atoms with van der Waals surface area (Å²) in [6.45, 7) is 7.41.